The number of imidazole rings is 1. The Morgan fingerprint density at radius 1 is 1.40 bits per heavy atom. The predicted molar refractivity (Wildman–Crippen MR) is 76.5 cm³/mol. The highest BCUT2D eigenvalue weighted by atomic mass is 16.5. The van der Waals surface area contributed by atoms with E-state index in [9.17, 15) is 9.90 Å². The quantitative estimate of drug-likeness (QED) is 0.788. The molecule has 2 heterocycles. The van der Waals surface area contributed by atoms with Gasteiger partial charge in [0.2, 0.25) is 0 Å². The second-order valence-corrected chi connectivity index (χ2v) is 4.83. The number of nitrogens with zero attached hydrogens (tertiary/aromatic N) is 2. The van der Waals surface area contributed by atoms with Gasteiger partial charge < -0.3 is 9.84 Å². The Morgan fingerprint density at radius 3 is 2.90 bits per heavy atom. The monoisotopic (exact) mass is 276 g/mol. The van der Waals surface area contributed by atoms with E-state index >= 15 is 0 Å². The van der Waals surface area contributed by atoms with Crippen LogP contribution in [0, 0.1) is 6.92 Å². The van der Waals surface area contributed by atoms with Crippen LogP contribution in [0.25, 0.3) is 5.65 Å². The van der Waals surface area contributed by atoms with Crippen molar-refractivity contribution in [3.05, 3.63) is 29.7 Å². The minimum Gasteiger partial charge on any atom is -0.490 e. The molecular weight excluding hydrogens is 256 g/mol. The molecular formula is C15H20N2O3. The van der Waals surface area contributed by atoms with Crippen LogP contribution >= 0.6 is 0 Å². The summed E-state index contributed by atoms with van der Waals surface area (Å²) in [4.78, 5) is 15.5. The highest BCUT2D eigenvalue weighted by Gasteiger charge is 2.17. The smallest absolute Gasteiger partial charge is 0.354 e. The zero-order chi connectivity index (χ0) is 14.5. The minimum absolute atomic E-state index is 0.191. The Labute approximate surface area is 118 Å². The number of rotatable bonds is 7. The summed E-state index contributed by atoms with van der Waals surface area (Å²) in [5.74, 6) is -0.338. The van der Waals surface area contributed by atoms with E-state index in [0.29, 0.717) is 23.7 Å². The van der Waals surface area contributed by atoms with Crippen LogP contribution in [0.5, 0.6) is 5.75 Å². The molecule has 0 aromatic carbocycles. The Hall–Kier alpha value is -2.04. The molecule has 108 valence electrons. The van der Waals surface area contributed by atoms with Crippen LogP contribution in [0.4, 0.5) is 0 Å². The summed E-state index contributed by atoms with van der Waals surface area (Å²) in [5.41, 5.74) is 1.26. The van der Waals surface area contributed by atoms with Crippen molar-refractivity contribution in [1.82, 2.24) is 9.38 Å². The summed E-state index contributed by atoms with van der Waals surface area (Å²) in [6.07, 6.45) is 6.24. The van der Waals surface area contributed by atoms with Crippen LogP contribution in [0.3, 0.4) is 0 Å². The summed E-state index contributed by atoms with van der Waals surface area (Å²) in [7, 11) is 0. The lowest BCUT2D eigenvalue weighted by Gasteiger charge is -2.07. The van der Waals surface area contributed by atoms with Crippen molar-refractivity contribution < 1.29 is 14.6 Å². The topological polar surface area (TPSA) is 63.8 Å². The number of carboxylic acid groups (broad SMARTS) is 1. The van der Waals surface area contributed by atoms with Crippen LogP contribution in [0.15, 0.2) is 18.3 Å². The fourth-order valence-corrected chi connectivity index (χ4v) is 2.24. The Bertz CT molecular complexity index is 604. The molecule has 5 nitrogen and oxygen atoms in total. The van der Waals surface area contributed by atoms with Crippen LogP contribution in [0.1, 0.15) is 48.8 Å². The van der Waals surface area contributed by atoms with E-state index in [-0.39, 0.29) is 5.69 Å². The second-order valence-electron chi connectivity index (χ2n) is 4.83. The van der Waals surface area contributed by atoms with E-state index in [0.717, 1.165) is 12.8 Å². The maximum Gasteiger partial charge on any atom is 0.354 e. The lowest BCUT2D eigenvalue weighted by Crippen LogP contribution is -2.04. The van der Waals surface area contributed by atoms with E-state index in [4.69, 9.17) is 4.74 Å². The zero-order valence-corrected chi connectivity index (χ0v) is 11.9. The highest BCUT2D eigenvalue weighted by Crippen LogP contribution is 2.22. The van der Waals surface area contributed by atoms with E-state index in [1.165, 1.54) is 12.8 Å². The third-order valence-corrected chi connectivity index (χ3v) is 3.25. The van der Waals surface area contributed by atoms with Crippen molar-refractivity contribution >= 4 is 11.6 Å². The average molecular weight is 276 g/mol. The summed E-state index contributed by atoms with van der Waals surface area (Å²) in [6, 6.07) is 3.61. The standard InChI is InChI=1S/C15H20N2O3/c1-3-4-5-6-10-20-12-8-7-9-17-13(15(18)19)11(2)16-14(12)17/h7-9H,3-6,10H2,1-2H3,(H,18,19). The van der Waals surface area contributed by atoms with Crippen molar-refractivity contribution in [2.75, 3.05) is 6.61 Å². The first-order valence-electron chi connectivity index (χ1n) is 6.99. The SMILES string of the molecule is CCCCCCOc1cccn2c(C(=O)O)c(C)nc12. The normalized spacial score (nSPS) is 10.9. The van der Waals surface area contributed by atoms with E-state index in [1.54, 1.807) is 23.6 Å². The molecule has 0 atom stereocenters. The lowest BCUT2D eigenvalue weighted by atomic mass is 10.2. The average Bonchev–Trinajstić information content (AvgIpc) is 2.75. The Morgan fingerprint density at radius 2 is 2.20 bits per heavy atom. The van der Waals surface area contributed by atoms with Crippen molar-refractivity contribution in [2.45, 2.75) is 39.5 Å². The Balaban J connectivity index is 2.18. The molecule has 0 unspecified atom stereocenters. The number of pyridine rings is 1. The van der Waals surface area contributed by atoms with Gasteiger partial charge in [-0.1, -0.05) is 26.2 Å². The van der Waals surface area contributed by atoms with E-state index in [2.05, 4.69) is 11.9 Å². The zero-order valence-electron chi connectivity index (χ0n) is 11.9. The van der Waals surface area contributed by atoms with Gasteiger partial charge in [-0.3, -0.25) is 4.40 Å². The Kier molecular flexibility index (Phi) is 4.61. The number of carboxylic acids is 1. The summed E-state index contributed by atoms with van der Waals surface area (Å²) < 4.78 is 7.31. The molecule has 2 aromatic rings. The molecule has 20 heavy (non-hydrogen) atoms. The summed E-state index contributed by atoms with van der Waals surface area (Å²) in [6.45, 7) is 4.50. The molecule has 0 bridgehead atoms. The second kappa shape index (κ2) is 6.41. The number of aromatic carboxylic acids is 1. The molecule has 2 rings (SSSR count). The van der Waals surface area contributed by atoms with Gasteiger partial charge in [0, 0.05) is 6.20 Å². The van der Waals surface area contributed by atoms with Gasteiger partial charge in [0.05, 0.1) is 12.3 Å². The number of fused-ring (bicyclic) bond motifs is 1. The van der Waals surface area contributed by atoms with Crippen molar-refractivity contribution in [2.24, 2.45) is 0 Å². The third kappa shape index (κ3) is 2.92. The number of aromatic nitrogens is 2. The minimum atomic E-state index is -0.977. The van der Waals surface area contributed by atoms with Crippen molar-refractivity contribution in [3.63, 3.8) is 0 Å². The molecule has 0 aliphatic rings. The number of hydrogen-bond acceptors (Lipinski definition) is 3. The van der Waals surface area contributed by atoms with Gasteiger partial charge in [0.25, 0.3) is 0 Å². The number of ether oxygens (including phenoxy) is 1. The maximum atomic E-state index is 11.2. The molecule has 5 heteroatoms. The molecule has 0 fully saturated rings. The summed E-state index contributed by atoms with van der Waals surface area (Å²) >= 11 is 0. The molecule has 0 aliphatic carbocycles. The molecule has 0 amide bonds. The van der Waals surface area contributed by atoms with Crippen molar-refractivity contribution in [3.8, 4) is 5.75 Å². The first kappa shape index (κ1) is 14.4. The third-order valence-electron chi connectivity index (χ3n) is 3.25. The van der Waals surface area contributed by atoms with Gasteiger partial charge in [-0.05, 0) is 25.5 Å². The molecule has 0 saturated carbocycles. The van der Waals surface area contributed by atoms with Crippen LogP contribution in [-0.4, -0.2) is 27.1 Å². The first-order chi connectivity index (χ1) is 9.65. The fourth-order valence-electron chi connectivity index (χ4n) is 2.24. The fraction of sp³-hybridized carbons (Fsp3) is 0.467. The molecule has 0 spiro atoms. The van der Waals surface area contributed by atoms with Gasteiger partial charge in [0.1, 0.15) is 0 Å². The molecule has 0 saturated heterocycles. The van der Waals surface area contributed by atoms with E-state index in [1.807, 2.05) is 6.07 Å². The number of carbonyl (C=O) groups is 1. The number of unbranched alkanes of at least 4 members (excludes halogenated alkanes) is 3. The van der Waals surface area contributed by atoms with Crippen molar-refractivity contribution in [1.29, 1.82) is 0 Å². The van der Waals surface area contributed by atoms with Gasteiger partial charge >= 0.3 is 5.97 Å². The van der Waals surface area contributed by atoms with Gasteiger partial charge in [-0.2, -0.15) is 0 Å². The molecule has 2 aromatic heterocycles. The number of hydrogen-bond donors (Lipinski definition) is 1. The number of aryl methyl sites for hydroxylation is 1. The molecule has 1 N–H and O–H groups in total. The summed E-state index contributed by atoms with van der Waals surface area (Å²) in [5, 5.41) is 9.21. The van der Waals surface area contributed by atoms with Crippen LogP contribution in [0.2, 0.25) is 0 Å². The highest BCUT2D eigenvalue weighted by molar-refractivity contribution is 5.88. The lowest BCUT2D eigenvalue weighted by molar-refractivity contribution is 0.0688. The van der Waals surface area contributed by atoms with Gasteiger partial charge in [0.15, 0.2) is 17.1 Å². The van der Waals surface area contributed by atoms with Crippen LogP contribution in [-0.2, 0) is 0 Å². The molecule has 0 aliphatic heterocycles. The largest absolute Gasteiger partial charge is 0.490 e. The maximum absolute atomic E-state index is 11.2. The van der Waals surface area contributed by atoms with Crippen LogP contribution < -0.4 is 4.74 Å². The molecule has 0 radical (unpaired) electrons. The van der Waals surface area contributed by atoms with E-state index < -0.39 is 5.97 Å². The predicted octanol–water partition coefficient (Wildman–Crippen LogP) is 3.30. The van der Waals surface area contributed by atoms with Gasteiger partial charge in [-0.25, -0.2) is 9.78 Å². The van der Waals surface area contributed by atoms with Gasteiger partial charge in [-0.15, -0.1) is 0 Å². The first-order valence-corrected chi connectivity index (χ1v) is 6.99.